The summed E-state index contributed by atoms with van der Waals surface area (Å²) in [5.74, 6) is -2.10. The maximum Gasteiger partial charge on any atom is 0.317 e. The average Bonchev–Trinajstić information content (AvgIpc) is 2.70. The van der Waals surface area contributed by atoms with Crippen molar-refractivity contribution in [3.8, 4) is 0 Å². The highest BCUT2D eigenvalue weighted by molar-refractivity contribution is 9.10. The van der Waals surface area contributed by atoms with Gasteiger partial charge in [0.25, 0.3) is 0 Å². The molecule has 3 N–H and O–H groups in total. The molecule has 0 atom stereocenters. The van der Waals surface area contributed by atoms with Gasteiger partial charge in [-0.15, -0.1) is 0 Å². The zero-order valence-corrected chi connectivity index (χ0v) is 12.1. The van der Waals surface area contributed by atoms with Gasteiger partial charge < -0.3 is 15.2 Å². The maximum atomic E-state index is 10.8. The van der Waals surface area contributed by atoms with Crippen LogP contribution in [0.1, 0.15) is 5.56 Å². The van der Waals surface area contributed by atoms with E-state index < -0.39 is 11.9 Å². The van der Waals surface area contributed by atoms with E-state index in [-0.39, 0.29) is 19.6 Å². The SMILES string of the molecule is O=C(O)CN(CC(=O)O)Cc1c[nH]c2ccc(Br)cc12. The summed E-state index contributed by atoms with van der Waals surface area (Å²) in [6.07, 6.45) is 1.77. The fraction of sp³-hybridized carbons (Fsp3) is 0.231. The third-order valence-corrected chi connectivity index (χ3v) is 3.33. The minimum atomic E-state index is -1.05. The van der Waals surface area contributed by atoms with Crippen LogP contribution < -0.4 is 0 Å². The molecule has 0 unspecified atom stereocenters. The summed E-state index contributed by atoms with van der Waals surface area (Å²) in [6.45, 7) is -0.366. The van der Waals surface area contributed by atoms with Crippen molar-refractivity contribution in [2.45, 2.75) is 6.54 Å². The van der Waals surface area contributed by atoms with Crippen LogP contribution in [0.5, 0.6) is 0 Å². The van der Waals surface area contributed by atoms with Gasteiger partial charge in [0.15, 0.2) is 0 Å². The topological polar surface area (TPSA) is 93.6 Å². The Morgan fingerprint density at radius 1 is 1.20 bits per heavy atom. The predicted molar refractivity (Wildman–Crippen MR) is 76.5 cm³/mol. The van der Waals surface area contributed by atoms with Gasteiger partial charge in [-0.1, -0.05) is 15.9 Å². The van der Waals surface area contributed by atoms with Crippen LogP contribution in [0.4, 0.5) is 0 Å². The van der Waals surface area contributed by atoms with E-state index >= 15 is 0 Å². The zero-order chi connectivity index (χ0) is 14.7. The van der Waals surface area contributed by atoms with Crippen molar-refractivity contribution in [2.24, 2.45) is 0 Å². The molecular weight excluding hydrogens is 328 g/mol. The normalized spacial score (nSPS) is 11.1. The lowest BCUT2D eigenvalue weighted by atomic mass is 10.1. The largest absolute Gasteiger partial charge is 0.480 e. The number of hydrogen-bond acceptors (Lipinski definition) is 3. The Morgan fingerprint density at radius 3 is 2.45 bits per heavy atom. The van der Waals surface area contributed by atoms with E-state index in [1.807, 2.05) is 18.2 Å². The summed E-state index contributed by atoms with van der Waals surface area (Å²) < 4.78 is 0.911. The van der Waals surface area contributed by atoms with Crippen LogP contribution in [-0.4, -0.2) is 45.1 Å². The molecule has 0 aliphatic carbocycles. The van der Waals surface area contributed by atoms with E-state index in [2.05, 4.69) is 20.9 Å². The third-order valence-electron chi connectivity index (χ3n) is 2.84. The van der Waals surface area contributed by atoms with Crippen molar-refractivity contribution in [2.75, 3.05) is 13.1 Å². The van der Waals surface area contributed by atoms with E-state index in [1.165, 1.54) is 4.90 Å². The first kappa shape index (κ1) is 14.5. The fourth-order valence-corrected chi connectivity index (χ4v) is 2.43. The summed E-state index contributed by atoms with van der Waals surface area (Å²) in [7, 11) is 0. The molecule has 2 rings (SSSR count). The lowest BCUT2D eigenvalue weighted by molar-refractivity contribution is -0.141. The van der Waals surface area contributed by atoms with Crippen LogP contribution in [0, 0.1) is 0 Å². The number of hydrogen-bond donors (Lipinski definition) is 3. The summed E-state index contributed by atoms with van der Waals surface area (Å²) in [4.78, 5) is 26.0. The van der Waals surface area contributed by atoms with Gasteiger partial charge in [-0.05, 0) is 23.8 Å². The van der Waals surface area contributed by atoms with Crippen molar-refractivity contribution < 1.29 is 19.8 Å². The number of nitrogens with one attached hydrogen (secondary N) is 1. The second-order valence-electron chi connectivity index (χ2n) is 4.44. The van der Waals surface area contributed by atoms with Crippen LogP contribution in [0.25, 0.3) is 10.9 Å². The number of carboxylic acids is 2. The standard InChI is InChI=1S/C13H13BrN2O4/c14-9-1-2-11-10(3-9)8(4-15-11)5-16(6-12(17)18)7-13(19)20/h1-4,15H,5-7H2,(H,17,18)(H,19,20). The Labute approximate surface area is 123 Å². The first-order valence-corrected chi connectivity index (χ1v) is 6.66. The Balaban J connectivity index is 2.25. The monoisotopic (exact) mass is 340 g/mol. The molecule has 0 fully saturated rings. The zero-order valence-electron chi connectivity index (χ0n) is 10.5. The number of fused-ring (bicyclic) bond motifs is 1. The maximum absolute atomic E-state index is 10.8. The van der Waals surface area contributed by atoms with E-state index in [9.17, 15) is 9.59 Å². The first-order chi connectivity index (χ1) is 9.45. The summed E-state index contributed by atoms with van der Waals surface area (Å²) in [5, 5.41) is 18.6. The minimum absolute atomic E-state index is 0.259. The summed E-state index contributed by atoms with van der Waals surface area (Å²) in [6, 6.07) is 5.72. The number of H-pyrrole nitrogens is 1. The number of aliphatic carboxylic acids is 2. The second-order valence-corrected chi connectivity index (χ2v) is 5.35. The molecule has 1 heterocycles. The predicted octanol–water partition coefficient (Wildman–Crippen LogP) is 1.90. The molecule has 106 valence electrons. The molecule has 0 aliphatic rings. The van der Waals surface area contributed by atoms with Gasteiger partial charge in [0, 0.05) is 28.1 Å². The number of halogens is 1. The first-order valence-electron chi connectivity index (χ1n) is 5.87. The number of carbonyl (C=O) groups is 2. The number of rotatable bonds is 6. The molecule has 0 radical (unpaired) electrons. The highest BCUT2D eigenvalue weighted by atomic mass is 79.9. The van der Waals surface area contributed by atoms with Crippen molar-refractivity contribution >= 4 is 38.8 Å². The minimum Gasteiger partial charge on any atom is -0.480 e. The Hall–Kier alpha value is -1.86. The van der Waals surface area contributed by atoms with Crippen LogP contribution in [0.2, 0.25) is 0 Å². The molecule has 6 nitrogen and oxygen atoms in total. The van der Waals surface area contributed by atoms with Gasteiger partial charge in [0.2, 0.25) is 0 Å². The molecule has 1 aromatic heterocycles. The third kappa shape index (κ3) is 3.58. The van der Waals surface area contributed by atoms with E-state index in [0.29, 0.717) is 0 Å². The van der Waals surface area contributed by atoms with E-state index in [0.717, 1.165) is 20.9 Å². The van der Waals surface area contributed by atoms with Gasteiger partial charge in [-0.2, -0.15) is 0 Å². The summed E-state index contributed by atoms with van der Waals surface area (Å²) in [5.41, 5.74) is 1.79. The molecule has 0 aliphatic heterocycles. The summed E-state index contributed by atoms with van der Waals surface area (Å²) >= 11 is 3.38. The highest BCUT2D eigenvalue weighted by Crippen LogP contribution is 2.23. The molecule has 2 aromatic rings. The lowest BCUT2D eigenvalue weighted by Crippen LogP contribution is -2.33. The van der Waals surface area contributed by atoms with E-state index in [1.54, 1.807) is 6.20 Å². The number of carboxylic acid groups (broad SMARTS) is 2. The fourth-order valence-electron chi connectivity index (χ4n) is 2.07. The number of aromatic nitrogens is 1. The number of aromatic amines is 1. The van der Waals surface area contributed by atoms with Crippen molar-refractivity contribution in [3.63, 3.8) is 0 Å². The van der Waals surface area contributed by atoms with E-state index in [4.69, 9.17) is 10.2 Å². The molecule has 0 saturated carbocycles. The van der Waals surface area contributed by atoms with Crippen LogP contribution >= 0.6 is 15.9 Å². The average molecular weight is 341 g/mol. The molecule has 1 aromatic carbocycles. The van der Waals surface area contributed by atoms with Crippen LogP contribution in [-0.2, 0) is 16.1 Å². The van der Waals surface area contributed by atoms with Gasteiger partial charge in [-0.25, -0.2) is 0 Å². The van der Waals surface area contributed by atoms with Crippen molar-refractivity contribution in [1.82, 2.24) is 9.88 Å². The quantitative estimate of drug-likeness (QED) is 0.746. The Bertz CT molecular complexity index is 637. The Morgan fingerprint density at radius 2 is 1.85 bits per heavy atom. The van der Waals surface area contributed by atoms with Crippen LogP contribution in [0.3, 0.4) is 0 Å². The van der Waals surface area contributed by atoms with Gasteiger partial charge in [0.05, 0.1) is 13.1 Å². The van der Waals surface area contributed by atoms with Gasteiger partial charge >= 0.3 is 11.9 Å². The van der Waals surface area contributed by atoms with Crippen molar-refractivity contribution in [3.05, 3.63) is 34.4 Å². The smallest absolute Gasteiger partial charge is 0.317 e. The van der Waals surface area contributed by atoms with Crippen LogP contribution in [0.15, 0.2) is 28.9 Å². The molecule has 0 spiro atoms. The highest BCUT2D eigenvalue weighted by Gasteiger charge is 2.15. The molecule has 7 heteroatoms. The second kappa shape index (κ2) is 6.06. The molecule has 20 heavy (non-hydrogen) atoms. The van der Waals surface area contributed by atoms with Gasteiger partial charge in [0.1, 0.15) is 0 Å². The molecule has 0 saturated heterocycles. The molecule has 0 bridgehead atoms. The number of nitrogens with zero attached hydrogens (tertiary/aromatic N) is 1. The molecular formula is C13H13BrN2O4. The van der Waals surface area contributed by atoms with Crippen molar-refractivity contribution in [1.29, 1.82) is 0 Å². The lowest BCUT2D eigenvalue weighted by Gasteiger charge is -2.17. The Kier molecular flexibility index (Phi) is 4.41. The van der Waals surface area contributed by atoms with Gasteiger partial charge in [-0.3, -0.25) is 14.5 Å². The number of benzene rings is 1. The molecule has 0 amide bonds.